The van der Waals surface area contributed by atoms with Crippen molar-refractivity contribution in [3.05, 3.63) is 59.7 Å². The van der Waals surface area contributed by atoms with E-state index in [1.165, 1.54) is 43.6 Å². The topological polar surface area (TPSA) is 102 Å². The average molecular weight is 519 g/mol. The Morgan fingerprint density at radius 2 is 2.00 bits per heavy atom. The summed E-state index contributed by atoms with van der Waals surface area (Å²) in [7, 11) is -2.31. The molecular formula is C25H31FN4O5S. The molecule has 11 heteroatoms. The number of hydrogen-bond donors (Lipinski definition) is 1. The average Bonchev–Trinajstić information content (AvgIpc) is 3.45. The highest BCUT2D eigenvalue weighted by molar-refractivity contribution is 7.91. The Kier molecular flexibility index (Phi) is 7.24. The zero-order chi connectivity index (χ0) is 26.1. The molecule has 1 fully saturated rings. The van der Waals surface area contributed by atoms with Crippen LogP contribution in [0.2, 0.25) is 0 Å². The van der Waals surface area contributed by atoms with Gasteiger partial charge in [-0.3, -0.25) is 4.79 Å². The number of rotatable bonds is 8. The predicted molar refractivity (Wildman–Crippen MR) is 134 cm³/mol. The van der Waals surface area contributed by atoms with Crippen molar-refractivity contribution in [2.24, 2.45) is 0 Å². The quantitative estimate of drug-likeness (QED) is 0.454. The standard InChI is InChI=1S/C25H31FN4O5S/c1-25(2,3)36(32,33)28-24(31)21-16-27-30-9-7-19(15-23(21)30)29-8-5-6-22(29)17-12-18(26)14-20(13-17)35-11-10-34-4/h7,9,12-16,22H,5-6,8,10-11H2,1-4H3,(H,28,31)/t22-/m1/s1. The van der Waals surface area contributed by atoms with Crippen LogP contribution >= 0.6 is 0 Å². The fraction of sp³-hybridized carbons (Fsp3) is 0.440. The van der Waals surface area contributed by atoms with E-state index in [1.54, 1.807) is 19.4 Å². The number of nitrogens with zero attached hydrogens (tertiary/aromatic N) is 3. The Morgan fingerprint density at radius 1 is 1.22 bits per heavy atom. The molecule has 0 aliphatic carbocycles. The molecule has 1 saturated heterocycles. The van der Waals surface area contributed by atoms with Gasteiger partial charge in [0, 0.05) is 31.6 Å². The number of sulfonamides is 1. The number of nitrogens with one attached hydrogen (secondary N) is 1. The van der Waals surface area contributed by atoms with Gasteiger partial charge in [0.1, 0.15) is 18.2 Å². The number of pyridine rings is 1. The number of methoxy groups -OCH3 is 1. The summed E-state index contributed by atoms with van der Waals surface area (Å²) in [6.07, 6.45) is 4.80. The molecule has 9 nitrogen and oxygen atoms in total. The van der Waals surface area contributed by atoms with Crippen molar-refractivity contribution in [1.82, 2.24) is 14.3 Å². The normalized spacial score (nSPS) is 16.5. The minimum absolute atomic E-state index is 0.0885. The first-order valence-corrected chi connectivity index (χ1v) is 13.2. The SMILES string of the molecule is COCCOc1cc(F)cc([C@H]2CCCN2c2ccn3ncc(C(=O)NS(=O)(=O)C(C)(C)C)c3c2)c1. The minimum Gasteiger partial charge on any atom is -0.491 e. The molecule has 0 spiro atoms. The van der Waals surface area contributed by atoms with E-state index in [2.05, 4.69) is 14.7 Å². The van der Waals surface area contributed by atoms with Gasteiger partial charge in [-0.2, -0.15) is 5.10 Å². The van der Waals surface area contributed by atoms with E-state index >= 15 is 0 Å². The van der Waals surface area contributed by atoms with Gasteiger partial charge in [-0.05, 0) is 63.4 Å². The third kappa shape index (κ3) is 5.31. The zero-order valence-electron chi connectivity index (χ0n) is 20.8. The Balaban J connectivity index is 1.63. The molecule has 0 bridgehead atoms. The van der Waals surface area contributed by atoms with Crippen LogP contribution in [0.1, 0.15) is 55.6 Å². The van der Waals surface area contributed by atoms with Crippen LogP contribution in [0.4, 0.5) is 10.1 Å². The molecule has 1 aliphatic heterocycles. The molecule has 4 rings (SSSR count). The fourth-order valence-electron chi connectivity index (χ4n) is 4.18. The van der Waals surface area contributed by atoms with E-state index in [0.29, 0.717) is 24.5 Å². The summed E-state index contributed by atoms with van der Waals surface area (Å²) in [5.41, 5.74) is 2.24. The first-order valence-electron chi connectivity index (χ1n) is 11.7. The number of amides is 1. The van der Waals surface area contributed by atoms with Crippen molar-refractivity contribution in [1.29, 1.82) is 0 Å². The Morgan fingerprint density at radius 3 is 2.72 bits per heavy atom. The summed E-state index contributed by atoms with van der Waals surface area (Å²) >= 11 is 0. The number of halogens is 1. The van der Waals surface area contributed by atoms with Crippen LogP contribution in [0, 0.1) is 5.82 Å². The number of carbonyl (C=O) groups is 1. The fourth-order valence-corrected chi connectivity index (χ4v) is 4.84. The van der Waals surface area contributed by atoms with E-state index in [-0.39, 0.29) is 17.4 Å². The van der Waals surface area contributed by atoms with Crippen LogP contribution < -0.4 is 14.4 Å². The second kappa shape index (κ2) is 10.1. The first kappa shape index (κ1) is 25.9. The van der Waals surface area contributed by atoms with Crippen LogP contribution in [0.25, 0.3) is 5.52 Å². The molecule has 1 N–H and O–H groups in total. The van der Waals surface area contributed by atoms with Gasteiger partial charge in [-0.15, -0.1) is 0 Å². The van der Waals surface area contributed by atoms with Gasteiger partial charge in [0.15, 0.2) is 0 Å². The second-order valence-corrected chi connectivity index (χ2v) is 12.2. The highest BCUT2D eigenvalue weighted by Gasteiger charge is 2.32. The number of aromatic nitrogens is 2. The van der Waals surface area contributed by atoms with Crippen LogP contribution in [0.5, 0.6) is 5.75 Å². The summed E-state index contributed by atoms with van der Waals surface area (Å²) in [5, 5.41) is 4.20. The number of hydrogen-bond acceptors (Lipinski definition) is 7. The molecule has 0 saturated carbocycles. The van der Waals surface area contributed by atoms with Gasteiger partial charge in [0.05, 0.1) is 34.7 Å². The molecule has 0 unspecified atom stereocenters. The smallest absolute Gasteiger partial charge is 0.268 e. The van der Waals surface area contributed by atoms with Crippen LogP contribution in [0.3, 0.4) is 0 Å². The maximum atomic E-state index is 14.4. The largest absolute Gasteiger partial charge is 0.491 e. The first-order chi connectivity index (χ1) is 17.0. The van der Waals surface area contributed by atoms with Crippen LogP contribution in [0.15, 0.2) is 42.7 Å². The second-order valence-electron chi connectivity index (χ2n) is 9.73. The van der Waals surface area contributed by atoms with Crippen molar-refractivity contribution < 1.29 is 27.1 Å². The van der Waals surface area contributed by atoms with Gasteiger partial charge >= 0.3 is 0 Å². The number of anilines is 1. The van der Waals surface area contributed by atoms with Crippen molar-refractivity contribution in [2.45, 2.75) is 44.4 Å². The van der Waals surface area contributed by atoms with Gasteiger partial charge < -0.3 is 14.4 Å². The van der Waals surface area contributed by atoms with E-state index in [0.717, 1.165) is 30.6 Å². The molecular weight excluding hydrogens is 487 g/mol. The molecule has 1 aromatic carbocycles. The highest BCUT2D eigenvalue weighted by Crippen LogP contribution is 2.38. The van der Waals surface area contributed by atoms with E-state index in [4.69, 9.17) is 9.47 Å². The molecule has 2 aromatic heterocycles. The molecule has 1 amide bonds. The summed E-state index contributed by atoms with van der Waals surface area (Å²) in [6, 6.07) is 8.30. The van der Waals surface area contributed by atoms with Crippen molar-refractivity contribution in [2.75, 3.05) is 31.8 Å². The molecule has 1 aliphatic rings. The van der Waals surface area contributed by atoms with Crippen LogP contribution in [-0.2, 0) is 14.8 Å². The van der Waals surface area contributed by atoms with Gasteiger partial charge in [-0.1, -0.05) is 0 Å². The summed E-state index contributed by atoms with van der Waals surface area (Å²) < 4.78 is 52.6. The molecule has 3 heterocycles. The number of benzene rings is 1. The number of fused-ring (bicyclic) bond motifs is 1. The minimum atomic E-state index is -3.88. The maximum Gasteiger partial charge on any atom is 0.268 e. The lowest BCUT2D eigenvalue weighted by atomic mass is 10.0. The van der Waals surface area contributed by atoms with Gasteiger partial charge in [0.2, 0.25) is 10.0 Å². The summed E-state index contributed by atoms with van der Waals surface area (Å²) in [6.45, 7) is 6.02. The molecule has 3 aromatic rings. The molecule has 0 radical (unpaired) electrons. The lowest BCUT2D eigenvalue weighted by Crippen LogP contribution is -2.42. The summed E-state index contributed by atoms with van der Waals surface area (Å²) in [4.78, 5) is 15.0. The lowest BCUT2D eigenvalue weighted by molar-refractivity contribution is 0.0982. The Bertz CT molecular complexity index is 1370. The highest BCUT2D eigenvalue weighted by atomic mass is 32.2. The Hall–Kier alpha value is -3.18. The van der Waals surface area contributed by atoms with E-state index in [1.807, 2.05) is 12.1 Å². The monoisotopic (exact) mass is 518 g/mol. The van der Waals surface area contributed by atoms with Crippen molar-refractivity contribution in [3.63, 3.8) is 0 Å². The Labute approximate surface area is 210 Å². The summed E-state index contributed by atoms with van der Waals surface area (Å²) in [5.74, 6) is -0.672. The third-order valence-corrected chi connectivity index (χ3v) is 8.27. The molecule has 194 valence electrons. The molecule has 1 atom stereocenters. The zero-order valence-corrected chi connectivity index (χ0v) is 21.6. The van der Waals surface area contributed by atoms with Crippen LogP contribution in [-0.4, -0.2) is 55.6 Å². The maximum absolute atomic E-state index is 14.4. The number of carbonyl (C=O) groups excluding carboxylic acids is 1. The third-order valence-electron chi connectivity index (χ3n) is 6.20. The van der Waals surface area contributed by atoms with Crippen molar-refractivity contribution in [3.8, 4) is 5.75 Å². The predicted octanol–water partition coefficient (Wildman–Crippen LogP) is 3.70. The van der Waals surface area contributed by atoms with E-state index in [9.17, 15) is 17.6 Å². The van der Waals surface area contributed by atoms with Gasteiger partial charge in [-0.25, -0.2) is 22.0 Å². The van der Waals surface area contributed by atoms with E-state index < -0.39 is 20.7 Å². The molecule has 36 heavy (non-hydrogen) atoms. The van der Waals surface area contributed by atoms with Gasteiger partial charge in [0.25, 0.3) is 5.91 Å². The lowest BCUT2D eigenvalue weighted by Gasteiger charge is -2.28. The number of ether oxygens (including phenoxy) is 2. The van der Waals surface area contributed by atoms with Crippen molar-refractivity contribution >= 4 is 27.1 Å².